The predicted octanol–water partition coefficient (Wildman–Crippen LogP) is 1.91. The summed E-state index contributed by atoms with van der Waals surface area (Å²) in [5.74, 6) is -0.199. The molecule has 0 saturated carbocycles. The van der Waals surface area contributed by atoms with Gasteiger partial charge in [-0.25, -0.2) is 4.39 Å². The Morgan fingerprint density at radius 1 is 1.21 bits per heavy atom. The van der Waals surface area contributed by atoms with E-state index in [1.165, 1.54) is 17.0 Å². The zero-order chi connectivity index (χ0) is 17.1. The number of benzene rings is 2. The Bertz CT molecular complexity index is 761. The molecule has 1 atom stereocenters. The van der Waals surface area contributed by atoms with Gasteiger partial charge in [-0.15, -0.1) is 0 Å². The zero-order valence-corrected chi connectivity index (χ0v) is 13.2. The van der Waals surface area contributed by atoms with Crippen molar-refractivity contribution >= 4 is 17.5 Å². The van der Waals surface area contributed by atoms with Crippen molar-refractivity contribution in [1.29, 1.82) is 0 Å². The number of ether oxygens (including phenoxy) is 1. The van der Waals surface area contributed by atoms with Crippen LogP contribution in [0.15, 0.2) is 48.5 Å². The van der Waals surface area contributed by atoms with Gasteiger partial charge in [-0.05, 0) is 29.8 Å². The van der Waals surface area contributed by atoms with Crippen molar-refractivity contribution in [3.05, 3.63) is 59.9 Å². The van der Waals surface area contributed by atoms with E-state index in [9.17, 15) is 14.0 Å². The highest BCUT2D eigenvalue weighted by Gasteiger charge is 2.32. The first-order valence-electron chi connectivity index (χ1n) is 7.59. The van der Waals surface area contributed by atoms with Gasteiger partial charge >= 0.3 is 0 Å². The normalized spacial score (nSPS) is 16.3. The number of halogens is 1. The van der Waals surface area contributed by atoms with Gasteiger partial charge in [-0.2, -0.15) is 0 Å². The van der Waals surface area contributed by atoms with Crippen molar-refractivity contribution in [3.8, 4) is 5.75 Å². The van der Waals surface area contributed by atoms with Gasteiger partial charge in [-0.3, -0.25) is 9.59 Å². The van der Waals surface area contributed by atoms with Crippen LogP contribution < -0.4 is 15.0 Å². The van der Waals surface area contributed by atoms with Crippen LogP contribution >= 0.6 is 0 Å². The van der Waals surface area contributed by atoms with Gasteiger partial charge in [0.25, 0.3) is 5.91 Å². The second-order valence-corrected chi connectivity index (χ2v) is 5.58. The first kappa shape index (κ1) is 16.0. The fourth-order valence-electron chi connectivity index (χ4n) is 2.56. The number of anilines is 1. The molecule has 0 aliphatic carbocycles. The molecule has 2 amide bonds. The Balaban J connectivity index is 1.59. The Hall–Kier alpha value is -2.89. The van der Waals surface area contributed by atoms with E-state index in [0.717, 1.165) is 0 Å². The lowest BCUT2D eigenvalue weighted by Gasteiger charge is -2.31. The number of nitrogens with zero attached hydrogens (tertiary/aromatic N) is 1. The minimum Gasteiger partial charge on any atom is -0.477 e. The van der Waals surface area contributed by atoms with Crippen molar-refractivity contribution in [2.75, 3.05) is 18.5 Å². The monoisotopic (exact) mass is 328 g/mol. The molecule has 3 rings (SSSR count). The minimum atomic E-state index is -0.762. The number of fused-ring (bicyclic) bond motifs is 1. The Kier molecular flexibility index (Phi) is 4.46. The summed E-state index contributed by atoms with van der Waals surface area (Å²) in [4.78, 5) is 25.8. The molecule has 1 N–H and O–H groups in total. The van der Waals surface area contributed by atoms with Gasteiger partial charge in [0.15, 0.2) is 6.10 Å². The smallest absolute Gasteiger partial charge is 0.269 e. The van der Waals surface area contributed by atoms with Gasteiger partial charge in [0.05, 0.1) is 18.7 Å². The summed E-state index contributed by atoms with van der Waals surface area (Å²) in [6.07, 6.45) is -0.643. The highest BCUT2D eigenvalue weighted by atomic mass is 19.1. The maximum atomic E-state index is 12.9. The molecule has 0 fully saturated rings. The fourth-order valence-corrected chi connectivity index (χ4v) is 2.56. The van der Waals surface area contributed by atoms with Crippen LogP contribution in [-0.2, 0) is 16.0 Å². The van der Waals surface area contributed by atoms with Crippen LogP contribution in [0.1, 0.15) is 5.56 Å². The van der Waals surface area contributed by atoms with Crippen LogP contribution in [0.3, 0.4) is 0 Å². The molecule has 1 heterocycles. The number of rotatable bonds is 4. The van der Waals surface area contributed by atoms with Crippen LogP contribution in [0.2, 0.25) is 0 Å². The van der Waals surface area contributed by atoms with Gasteiger partial charge in [0.1, 0.15) is 11.6 Å². The molecule has 2 aromatic rings. The summed E-state index contributed by atoms with van der Waals surface area (Å²) in [7, 11) is 1.68. The molecule has 0 bridgehead atoms. The minimum absolute atomic E-state index is 0.0809. The quantitative estimate of drug-likeness (QED) is 0.933. The average molecular weight is 328 g/mol. The third-order valence-corrected chi connectivity index (χ3v) is 3.86. The largest absolute Gasteiger partial charge is 0.477 e. The number of carbonyl (C=O) groups excluding carboxylic acids is 2. The summed E-state index contributed by atoms with van der Waals surface area (Å²) >= 11 is 0. The number of likely N-dealkylation sites (N-methyl/N-ethyl adjacent to an activating group) is 1. The van der Waals surface area contributed by atoms with Crippen molar-refractivity contribution in [1.82, 2.24) is 5.32 Å². The molecule has 0 aromatic heterocycles. The molecular formula is C18H17FN2O3. The lowest BCUT2D eigenvalue weighted by atomic mass is 10.1. The first-order chi connectivity index (χ1) is 11.5. The predicted molar refractivity (Wildman–Crippen MR) is 87.4 cm³/mol. The molecule has 5 nitrogen and oxygen atoms in total. The van der Waals surface area contributed by atoms with Gasteiger partial charge < -0.3 is 15.0 Å². The lowest BCUT2D eigenvalue weighted by molar-refractivity contribution is -0.126. The molecule has 0 radical (unpaired) electrons. The van der Waals surface area contributed by atoms with E-state index in [1.54, 1.807) is 31.3 Å². The van der Waals surface area contributed by atoms with Gasteiger partial charge in [0.2, 0.25) is 5.91 Å². The van der Waals surface area contributed by atoms with Crippen molar-refractivity contribution in [2.24, 2.45) is 0 Å². The van der Waals surface area contributed by atoms with Crippen LogP contribution in [-0.4, -0.2) is 31.5 Å². The average Bonchev–Trinajstić information content (AvgIpc) is 2.59. The second-order valence-electron chi connectivity index (χ2n) is 5.58. The number of carbonyl (C=O) groups is 2. The number of para-hydroxylation sites is 2. The number of hydrogen-bond donors (Lipinski definition) is 1. The Morgan fingerprint density at radius 3 is 2.67 bits per heavy atom. The number of hydrogen-bond acceptors (Lipinski definition) is 3. The molecule has 6 heteroatoms. The Labute approximate surface area is 139 Å². The number of amides is 2. The zero-order valence-electron chi connectivity index (χ0n) is 13.2. The summed E-state index contributed by atoms with van der Waals surface area (Å²) in [6, 6.07) is 13.0. The maximum Gasteiger partial charge on any atom is 0.269 e. The third-order valence-electron chi connectivity index (χ3n) is 3.86. The molecule has 0 spiro atoms. The second kappa shape index (κ2) is 6.70. The molecular weight excluding hydrogens is 311 g/mol. The molecule has 24 heavy (non-hydrogen) atoms. The van der Waals surface area contributed by atoms with Crippen LogP contribution in [0.5, 0.6) is 5.75 Å². The SMILES string of the molecule is CN1C(=O)C(CNC(=O)Cc2ccc(F)cc2)Oc2ccccc21. The molecule has 124 valence electrons. The van der Waals surface area contributed by atoms with E-state index in [-0.39, 0.29) is 30.6 Å². The molecule has 2 aromatic carbocycles. The van der Waals surface area contributed by atoms with E-state index >= 15 is 0 Å². The lowest BCUT2D eigenvalue weighted by Crippen LogP contribution is -2.49. The summed E-state index contributed by atoms with van der Waals surface area (Å²) in [5, 5.41) is 2.69. The van der Waals surface area contributed by atoms with E-state index in [1.807, 2.05) is 12.1 Å². The topological polar surface area (TPSA) is 58.6 Å². The van der Waals surface area contributed by atoms with Crippen molar-refractivity contribution in [2.45, 2.75) is 12.5 Å². The van der Waals surface area contributed by atoms with E-state index in [0.29, 0.717) is 17.0 Å². The van der Waals surface area contributed by atoms with Crippen LogP contribution in [0.25, 0.3) is 0 Å². The summed E-state index contributed by atoms with van der Waals surface area (Å²) < 4.78 is 18.5. The highest BCUT2D eigenvalue weighted by Crippen LogP contribution is 2.32. The summed E-state index contributed by atoms with van der Waals surface area (Å²) in [6.45, 7) is 0.0809. The third kappa shape index (κ3) is 3.37. The van der Waals surface area contributed by atoms with Crippen molar-refractivity contribution < 1.29 is 18.7 Å². The standard InChI is InChI=1S/C18H17FN2O3/c1-21-14-4-2-3-5-15(14)24-16(18(21)23)11-20-17(22)10-12-6-8-13(19)9-7-12/h2-9,16H,10-11H2,1H3,(H,20,22). The molecule has 1 aliphatic heterocycles. The molecule has 0 saturated heterocycles. The van der Waals surface area contributed by atoms with Crippen molar-refractivity contribution in [3.63, 3.8) is 0 Å². The first-order valence-corrected chi connectivity index (χ1v) is 7.59. The van der Waals surface area contributed by atoms with E-state index < -0.39 is 6.10 Å². The molecule has 1 unspecified atom stereocenters. The molecule has 1 aliphatic rings. The van der Waals surface area contributed by atoms with E-state index in [2.05, 4.69) is 5.32 Å². The Morgan fingerprint density at radius 2 is 1.92 bits per heavy atom. The highest BCUT2D eigenvalue weighted by molar-refractivity contribution is 5.99. The summed E-state index contributed by atoms with van der Waals surface area (Å²) in [5.41, 5.74) is 1.41. The van der Waals surface area contributed by atoms with Gasteiger partial charge in [-0.1, -0.05) is 24.3 Å². The number of nitrogens with one attached hydrogen (secondary N) is 1. The fraction of sp³-hybridized carbons (Fsp3) is 0.222. The van der Waals surface area contributed by atoms with Gasteiger partial charge in [0, 0.05) is 7.05 Å². The van der Waals surface area contributed by atoms with Crippen LogP contribution in [0, 0.1) is 5.82 Å². The van der Waals surface area contributed by atoms with E-state index in [4.69, 9.17) is 4.74 Å². The van der Waals surface area contributed by atoms with Crippen LogP contribution in [0.4, 0.5) is 10.1 Å². The maximum absolute atomic E-state index is 12.9.